The van der Waals surface area contributed by atoms with Crippen LogP contribution in [0.25, 0.3) is 10.7 Å². The first-order valence-electron chi connectivity index (χ1n) is 9.84. The summed E-state index contributed by atoms with van der Waals surface area (Å²) in [6.07, 6.45) is 3.21. The zero-order valence-corrected chi connectivity index (χ0v) is 16.4. The lowest BCUT2D eigenvalue weighted by molar-refractivity contribution is -0.159. The van der Waals surface area contributed by atoms with E-state index in [1.54, 1.807) is 0 Å². The van der Waals surface area contributed by atoms with E-state index in [1.807, 2.05) is 4.90 Å². The molecule has 3 fully saturated rings. The largest absolute Gasteiger partial charge is 0.471 e. The molecule has 2 unspecified atom stereocenters. The van der Waals surface area contributed by atoms with Gasteiger partial charge in [0.05, 0.1) is 23.2 Å². The van der Waals surface area contributed by atoms with E-state index in [1.165, 1.54) is 24.0 Å². The Morgan fingerprint density at radius 1 is 1.17 bits per heavy atom. The van der Waals surface area contributed by atoms with Crippen LogP contribution < -0.4 is 4.90 Å². The summed E-state index contributed by atoms with van der Waals surface area (Å²) in [5.74, 6) is -1.01. The van der Waals surface area contributed by atoms with Gasteiger partial charge >= 0.3 is 12.1 Å². The Bertz CT molecular complexity index is 907. The number of thiazole rings is 1. The summed E-state index contributed by atoms with van der Waals surface area (Å²) in [5, 5.41) is 4.14. The lowest BCUT2D eigenvalue weighted by Crippen LogP contribution is -2.50. The Morgan fingerprint density at radius 2 is 1.97 bits per heavy atom. The Kier molecular flexibility index (Phi) is 4.52. The van der Waals surface area contributed by atoms with Crippen molar-refractivity contribution >= 4 is 22.4 Å². The molecule has 0 radical (unpaired) electrons. The normalized spacial score (nSPS) is 25.2. The number of anilines is 1. The van der Waals surface area contributed by atoms with Gasteiger partial charge in [-0.1, -0.05) is 35.8 Å². The molecular formula is C18H20F3N5O2S. The van der Waals surface area contributed by atoms with E-state index >= 15 is 0 Å². The van der Waals surface area contributed by atoms with E-state index < -0.39 is 12.1 Å². The third-order valence-corrected chi connectivity index (χ3v) is 7.14. The van der Waals surface area contributed by atoms with Gasteiger partial charge in [-0.3, -0.25) is 4.79 Å². The van der Waals surface area contributed by atoms with E-state index in [0.717, 1.165) is 37.2 Å². The second kappa shape index (κ2) is 6.96. The SMILES string of the molecule is O=C(C1CCCCC1)N1CC2CC1CN2c1ncc(-c2noc(C(F)(F)F)n2)s1. The first-order chi connectivity index (χ1) is 13.9. The molecule has 2 saturated heterocycles. The maximum absolute atomic E-state index is 12.9. The highest BCUT2D eigenvalue weighted by atomic mass is 32.1. The smallest absolute Gasteiger partial charge is 0.341 e. The molecule has 2 bridgehead atoms. The molecule has 0 aromatic carbocycles. The van der Waals surface area contributed by atoms with Crippen LogP contribution in [0.3, 0.4) is 0 Å². The van der Waals surface area contributed by atoms with Crippen molar-refractivity contribution in [3.05, 3.63) is 12.1 Å². The van der Waals surface area contributed by atoms with Crippen LogP contribution in [-0.4, -0.2) is 51.1 Å². The third-order valence-electron chi connectivity index (χ3n) is 6.11. The average Bonchev–Trinajstić information content (AvgIpc) is 3.49. The predicted octanol–water partition coefficient (Wildman–Crippen LogP) is 3.58. The first-order valence-corrected chi connectivity index (χ1v) is 10.7. The molecule has 5 rings (SSSR count). The minimum absolute atomic E-state index is 0.112. The fraction of sp³-hybridized carbons (Fsp3) is 0.667. The summed E-state index contributed by atoms with van der Waals surface area (Å²) in [4.78, 5) is 25.3. The molecule has 29 heavy (non-hydrogen) atoms. The number of rotatable bonds is 3. The quantitative estimate of drug-likeness (QED) is 0.745. The van der Waals surface area contributed by atoms with Gasteiger partial charge in [0.1, 0.15) is 0 Å². The number of fused-ring (bicyclic) bond motifs is 2. The van der Waals surface area contributed by atoms with Crippen molar-refractivity contribution in [1.82, 2.24) is 20.0 Å². The number of carbonyl (C=O) groups excluding carboxylic acids is 1. The van der Waals surface area contributed by atoms with Crippen molar-refractivity contribution in [3.63, 3.8) is 0 Å². The van der Waals surface area contributed by atoms with Gasteiger partial charge in [-0.15, -0.1) is 0 Å². The molecule has 0 spiro atoms. The Hall–Kier alpha value is -2.17. The average molecular weight is 427 g/mol. The molecule has 1 amide bonds. The number of piperazine rings is 1. The number of hydrogen-bond donors (Lipinski definition) is 0. The van der Waals surface area contributed by atoms with Crippen molar-refractivity contribution < 1.29 is 22.5 Å². The zero-order chi connectivity index (χ0) is 20.2. The second-order valence-corrected chi connectivity index (χ2v) is 8.96. The van der Waals surface area contributed by atoms with Gasteiger partial charge in [-0.25, -0.2) is 4.98 Å². The van der Waals surface area contributed by atoms with Gasteiger partial charge in [0.2, 0.25) is 11.7 Å². The van der Waals surface area contributed by atoms with Crippen LogP contribution in [-0.2, 0) is 11.0 Å². The lowest BCUT2D eigenvalue weighted by Gasteiger charge is -2.36. The monoisotopic (exact) mass is 427 g/mol. The lowest BCUT2D eigenvalue weighted by atomic mass is 9.88. The Morgan fingerprint density at radius 3 is 2.62 bits per heavy atom. The number of alkyl halides is 3. The summed E-state index contributed by atoms with van der Waals surface area (Å²) < 4.78 is 42.3. The van der Waals surface area contributed by atoms with Crippen LogP contribution in [0.2, 0.25) is 0 Å². The van der Waals surface area contributed by atoms with Crippen molar-refractivity contribution in [2.24, 2.45) is 5.92 Å². The molecule has 2 aromatic rings. The molecule has 156 valence electrons. The standard InChI is InChI=1S/C18H20F3N5O2S/c19-18(20,21)16-23-14(24-28-16)13-7-22-17(29-13)26-9-11-6-12(26)8-25(11)15(27)10-4-2-1-3-5-10/h7,10-12H,1-6,8-9H2. The summed E-state index contributed by atoms with van der Waals surface area (Å²) in [5.41, 5.74) is 0. The molecule has 2 aromatic heterocycles. The molecular weight excluding hydrogens is 407 g/mol. The summed E-state index contributed by atoms with van der Waals surface area (Å²) >= 11 is 1.24. The number of carbonyl (C=O) groups is 1. The summed E-state index contributed by atoms with van der Waals surface area (Å²) in [6.45, 7) is 1.39. The topological polar surface area (TPSA) is 75.4 Å². The number of aromatic nitrogens is 3. The molecule has 0 N–H and O–H groups in total. The van der Waals surface area contributed by atoms with Crippen molar-refractivity contribution in [3.8, 4) is 10.7 Å². The Labute approximate surface area is 168 Å². The fourth-order valence-electron chi connectivity index (χ4n) is 4.69. The molecule has 1 aliphatic carbocycles. The minimum atomic E-state index is -4.67. The molecule has 3 aliphatic rings. The van der Waals surface area contributed by atoms with Crippen LogP contribution in [0.4, 0.5) is 18.3 Å². The zero-order valence-electron chi connectivity index (χ0n) is 15.6. The van der Waals surface area contributed by atoms with E-state index in [2.05, 4.69) is 24.5 Å². The van der Waals surface area contributed by atoms with Crippen LogP contribution >= 0.6 is 11.3 Å². The molecule has 2 aliphatic heterocycles. The van der Waals surface area contributed by atoms with Crippen LogP contribution in [0.5, 0.6) is 0 Å². The highest BCUT2D eigenvalue weighted by molar-refractivity contribution is 7.18. The van der Waals surface area contributed by atoms with Gasteiger partial charge in [-0.05, 0) is 19.3 Å². The van der Waals surface area contributed by atoms with E-state index in [-0.39, 0.29) is 23.8 Å². The third kappa shape index (κ3) is 3.38. The second-order valence-electron chi connectivity index (χ2n) is 7.95. The van der Waals surface area contributed by atoms with Crippen molar-refractivity contribution in [2.45, 2.75) is 56.8 Å². The van der Waals surface area contributed by atoms with E-state index in [0.29, 0.717) is 23.9 Å². The van der Waals surface area contributed by atoms with Crippen molar-refractivity contribution in [2.75, 3.05) is 18.0 Å². The van der Waals surface area contributed by atoms with Crippen LogP contribution in [0, 0.1) is 5.92 Å². The molecule has 2 atom stereocenters. The van der Waals surface area contributed by atoms with Gasteiger partial charge in [0.15, 0.2) is 5.13 Å². The highest BCUT2D eigenvalue weighted by Crippen LogP contribution is 2.40. The number of nitrogens with zero attached hydrogens (tertiary/aromatic N) is 5. The van der Waals surface area contributed by atoms with Crippen molar-refractivity contribution in [1.29, 1.82) is 0 Å². The van der Waals surface area contributed by atoms with Gasteiger partial charge in [0, 0.05) is 19.0 Å². The fourth-order valence-corrected chi connectivity index (χ4v) is 5.62. The van der Waals surface area contributed by atoms with E-state index in [4.69, 9.17) is 0 Å². The number of hydrogen-bond acceptors (Lipinski definition) is 7. The molecule has 4 heterocycles. The highest BCUT2D eigenvalue weighted by Gasteiger charge is 2.47. The number of halogens is 3. The van der Waals surface area contributed by atoms with Gasteiger partial charge in [0.25, 0.3) is 0 Å². The Balaban J connectivity index is 1.26. The predicted molar refractivity (Wildman–Crippen MR) is 98.2 cm³/mol. The maximum Gasteiger partial charge on any atom is 0.471 e. The number of amides is 1. The number of likely N-dealkylation sites (tertiary alicyclic amines) is 1. The van der Waals surface area contributed by atoms with Gasteiger partial charge in [-0.2, -0.15) is 18.2 Å². The summed E-state index contributed by atoms with van der Waals surface area (Å²) in [6, 6.07) is 0.381. The minimum Gasteiger partial charge on any atom is -0.341 e. The van der Waals surface area contributed by atoms with Crippen LogP contribution in [0.15, 0.2) is 10.7 Å². The van der Waals surface area contributed by atoms with E-state index in [9.17, 15) is 18.0 Å². The summed E-state index contributed by atoms with van der Waals surface area (Å²) in [7, 11) is 0. The van der Waals surface area contributed by atoms with Crippen LogP contribution in [0.1, 0.15) is 44.4 Å². The molecule has 7 nitrogen and oxygen atoms in total. The van der Waals surface area contributed by atoms with Gasteiger partial charge < -0.3 is 14.3 Å². The molecule has 11 heteroatoms. The first kappa shape index (κ1) is 18.8. The molecule has 1 saturated carbocycles. The maximum atomic E-state index is 12.9.